The number of benzene rings is 1. The lowest BCUT2D eigenvalue weighted by molar-refractivity contribution is -0.142. The van der Waals surface area contributed by atoms with E-state index < -0.39 is 5.97 Å². The minimum absolute atomic E-state index is 0.346. The van der Waals surface area contributed by atoms with Gasteiger partial charge in [-0.05, 0) is 24.5 Å². The summed E-state index contributed by atoms with van der Waals surface area (Å²) in [5, 5.41) is 9.05. The van der Waals surface area contributed by atoms with Crippen LogP contribution in [0.1, 0.15) is 29.3 Å². The highest BCUT2D eigenvalue weighted by Gasteiger charge is 2.28. The Morgan fingerprint density at radius 2 is 2.10 bits per heavy atom. The van der Waals surface area contributed by atoms with E-state index in [9.17, 15) is 4.79 Å². The number of hydrogen-bond donors (Lipinski definition) is 1. The van der Waals surface area contributed by atoms with Crippen molar-refractivity contribution >= 4 is 18.1 Å². The first kappa shape index (κ1) is 12.7. The zero-order valence-electron chi connectivity index (χ0n) is 11.0. The molecule has 0 saturated carbocycles. The predicted octanol–water partition coefficient (Wildman–Crippen LogP) is 3.03. The maximum atomic E-state index is 11.0. The lowest BCUT2D eigenvalue weighted by atomic mass is 9.91. The van der Waals surface area contributed by atoms with Crippen LogP contribution >= 0.6 is 0 Å². The summed E-state index contributed by atoms with van der Waals surface area (Å²) < 4.78 is 5.65. The number of aromatic nitrogens is 1. The van der Waals surface area contributed by atoms with E-state index in [2.05, 4.69) is 4.98 Å². The van der Waals surface area contributed by atoms with Gasteiger partial charge in [-0.25, -0.2) is 4.98 Å². The highest BCUT2D eigenvalue weighted by molar-refractivity contribution is 5.71. The van der Waals surface area contributed by atoms with Crippen LogP contribution in [-0.4, -0.2) is 16.1 Å². The fourth-order valence-electron chi connectivity index (χ4n) is 2.41. The summed E-state index contributed by atoms with van der Waals surface area (Å²) in [5.41, 5.74) is 1.97. The highest BCUT2D eigenvalue weighted by Crippen LogP contribution is 2.26. The van der Waals surface area contributed by atoms with Crippen LogP contribution in [-0.2, 0) is 17.6 Å². The summed E-state index contributed by atoms with van der Waals surface area (Å²) >= 11 is 0. The van der Waals surface area contributed by atoms with Gasteiger partial charge in [-0.1, -0.05) is 30.3 Å². The van der Waals surface area contributed by atoms with Gasteiger partial charge in [-0.15, -0.1) is 0 Å². The van der Waals surface area contributed by atoms with Crippen LogP contribution in [0, 0.1) is 5.92 Å². The monoisotopic (exact) mass is 269 g/mol. The van der Waals surface area contributed by atoms with E-state index in [4.69, 9.17) is 9.52 Å². The van der Waals surface area contributed by atoms with Crippen molar-refractivity contribution in [2.24, 2.45) is 5.92 Å². The van der Waals surface area contributed by atoms with Gasteiger partial charge in [0.15, 0.2) is 0 Å². The average molecular weight is 269 g/mol. The molecule has 0 radical (unpaired) electrons. The molecule has 1 aromatic heterocycles. The summed E-state index contributed by atoms with van der Waals surface area (Å²) in [6, 6.07) is 9.91. The van der Waals surface area contributed by atoms with Crippen LogP contribution in [0.5, 0.6) is 0 Å². The first-order valence-corrected chi connectivity index (χ1v) is 6.67. The number of carboxylic acid groups (broad SMARTS) is 1. The summed E-state index contributed by atoms with van der Waals surface area (Å²) in [6.07, 6.45) is 5.51. The van der Waals surface area contributed by atoms with Gasteiger partial charge in [0, 0.05) is 12.5 Å². The second-order valence-electron chi connectivity index (χ2n) is 4.94. The predicted molar refractivity (Wildman–Crippen MR) is 75.0 cm³/mol. The number of carboxylic acids is 1. The first-order valence-electron chi connectivity index (χ1n) is 6.67. The number of carbonyl (C=O) groups is 1. The quantitative estimate of drug-likeness (QED) is 0.930. The van der Waals surface area contributed by atoms with Crippen molar-refractivity contribution in [3.63, 3.8) is 0 Å². The van der Waals surface area contributed by atoms with Crippen molar-refractivity contribution in [1.29, 1.82) is 0 Å². The number of nitrogens with zero attached hydrogens (tertiary/aromatic N) is 1. The molecule has 4 heteroatoms. The van der Waals surface area contributed by atoms with Gasteiger partial charge >= 0.3 is 5.97 Å². The minimum Gasteiger partial charge on any atom is -0.481 e. The Labute approximate surface area is 116 Å². The average Bonchev–Trinajstić information content (AvgIpc) is 2.88. The molecular weight excluding hydrogens is 254 g/mol. The van der Waals surface area contributed by atoms with Crippen molar-refractivity contribution in [2.45, 2.75) is 19.3 Å². The number of fused-ring (bicyclic) bond motifs is 1. The van der Waals surface area contributed by atoms with E-state index in [1.165, 1.54) is 0 Å². The standard InChI is InChI=1S/C16H15NO3/c18-16(19)12-7-8-13-14(10-12)20-15(17-13)9-6-11-4-2-1-3-5-11/h1-6,9,12H,7-8,10H2,(H,18,19). The molecule has 1 unspecified atom stereocenters. The van der Waals surface area contributed by atoms with E-state index in [0.717, 1.165) is 17.0 Å². The Morgan fingerprint density at radius 3 is 2.85 bits per heavy atom. The largest absolute Gasteiger partial charge is 0.481 e. The van der Waals surface area contributed by atoms with Gasteiger partial charge in [-0.3, -0.25) is 4.79 Å². The molecule has 102 valence electrons. The molecule has 0 aliphatic heterocycles. The van der Waals surface area contributed by atoms with E-state index in [0.29, 0.717) is 25.2 Å². The molecule has 1 heterocycles. The third kappa shape index (κ3) is 2.64. The van der Waals surface area contributed by atoms with Gasteiger partial charge in [-0.2, -0.15) is 0 Å². The van der Waals surface area contributed by atoms with E-state index in [-0.39, 0.29) is 5.92 Å². The Morgan fingerprint density at radius 1 is 1.30 bits per heavy atom. The fourth-order valence-corrected chi connectivity index (χ4v) is 2.41. The Balaban J connectivity index is 1.77. The molecule has 1 aliphatic rings. The minimum atomic E-state index is -0.756. The lowest BCUT2D eigenvalue weighted by Gasteiger charge is -2.15. The molecule has 1 atom stereocenters. The maximum Gasteiger partial charge on any atom is 0.306 e. The second-order valence-corrected chi connectivity index (χ2v) is 4.94. The molecule has 0 saturated heterocycles. The van der Waals surface area contributed by atoms with E-state index in [1.54, 1.807) is 0 Å². The van der Waals surface area contributed by atoms with Crippen molar-refractivity contribution in [3.05, 3.63) is 53.2 Å². The smallest absolute Gasteiger partial charge is 0.306 e. The van der Waals surface area contributed by atoms with Crippen LogP contribution in [0.2, 0.25) is 0 Å². The lowest BCUT2D eigenvalue weighted by Crippen LogP contribution is -2.21. The molecular formula is C16H15NO3. The second kappa shape index (κ2) is 5.33. The van der Waals surface area contributed by atoms with Crippen LogP contribution in [0.4, 0.5) is 0 Å². The molecule has 1 aromatic carbocycles. The number of oxazole rings is 1. The first-order chi connectivity index (χ1) is 9.72. The fraction of sp³-hybridized carbons (Fsp3) is 0.250. The molecule has 1 N–H and O–H groups in total. The molecule has 2 aromatic rings. The number of aliphatic carboxylic acids is 1. The van der Waals surface area contributed by atoms with E-state index >= 15 is 0 Å². The van der Waals surface area contributed by atoms with Crippen LogP contribution in [0.15, 0.2) is 34.7 Å². The number of rotatable bonds is 3. The molecule has 3 rings (SSSR count). The summed E-state index contributed by atoms with van der Waals surface area (Å²) in [7, 11) is 0. The van der Waals surface area contributed by atoms with E-state index in [1.807, 2.05) is 42.5 Å². The van der Waals surface area contributed by atoms with Crippen LogP contribution in [0.25, 0.3) is 12.2 Å². The number of aryl methyl sites for hydroxylation is 1. The Kier molecular flexibility index (Phi) is 3.37. The SMILES string of the molecule is O=C(O)C1CCc2nc(C=Cc3ccccc3)oc2C1. The van der Waals surface area contributed by atoms with Crippen LogP contribution < -0.4 is 0 Å². The Bertz CT molecular complexity index is 643. The summed E-state index contributed by atoms with van der Waals surface area (Å²) in [4.78, 5) is 15.4. The van der Waals surface area contributed by atoms with Crippen molar-refractivity contribution in [3.8, 4) is 0 Å². The van der Waals surface area contributed by atoms with Gasteiger partial charge in [0.05, 0.1) is 11.6 Å². The van der Waals surface area contributed by atoms with Crippen molar-refractivity contribution < 1.29 is 14.3 Å². The van der Waals surface area contributed by atoms with Crippen molar-refractivity contribution in [2.75, 3.05) is 0 Å². The molecule has 4 nitrogen and oxygen atoms in total. The molecule has 0 amide bonds. The van der Waals surface area contributed by atoms with Gasteiger partial charge in [0.25, 0.3) is 0 Å². The van der Waals surface area contributed by atoms with Gasteiger partial charge < -0.3 is 9.52 Å². The molecule has 20 heavy (non-hydrogen) atoms. The third-order valence-electron chi connectivity index (χ3n) is 3.52. The molecule has 0 spiro atoms. The van der Waals surface area contributed by atoms with Crippen LogP contribution in [0.3, 0.4) is 0 Å². The van der Waals surface area contributed by atoms with Crippen molar-refractivity contribution in [1.82, 2.24) is 4.98 Å². The highest BCUT2D eigenvalue weighted by atomic mass is 16.4. The topological polar surface area (TPSA) is 63.3 Å². The normalized spacial score (nSPS) is 18.1. The van der Waals surface area contributed by atoms with Gasteiger partial charge in [0.1, 0.15) is 5.76 Å². The van der Waals surface area contributed by atoms with Gasteiger partial charge in [0.2, 0.25) is 5.89 Å². The number of hydrogen-bond acceptors (Lipinski definition) is 3. The summed E-state index contributed by atoms with van der Waals surface area (Å²) in [6.45, 7) is 0. The third-order valence-corrected chi connectivity index (χ3v) is 3.52. The maximum absolute atomic E-state index is 11.0. The molecule has 1 aliphatic carbocycles. The molecule has 0 bridgehead atoms. The Hall–Kier alpha value is -2.36. The molecule has 0 fully saturated rings. The zero-order chi connectivity index (χ0) is 13.9. The zero-order valence-corrected chi connectivity index (χ0v) is 11.0. The summed E-state index contributed by atoms with van der Waals surface area (Å²) in [5.74, 6) is 0.163.